The van der Waals surface area contributed by atoms with E-state index in [1.165, 1.54) is 18.4 Å². The van der Waals surface area contributed by atoms with Crippen molar-refractivity contribution in [3.05, 3.63) is 34.3 Å². The smallest absolute Gasteiger partial charge is 0.0458 e. The molecule has 1 aliphatic carbocycles. The zero-order chi connectivity index (χ0) is 9.26. The Morgan fingerprint density at radius 1 is 1.46 bits per heavy atom. The Bertz CT molecular complexity index is 310. The van der Waals surface area contributed by atoms with Crippen molar-refractivity contribution >= 4 is 11.6 Å². The minimum absolute atomic E-state index is 0.449. The molecule has 1 aromatic rings. The Kier molecular flexibility index (Phi) is 2.54. The van der Waals surface area contributed by atoms with Crippen molar-refractivity contribution in [3.63, 3.8) is 0 Å². The van der Waals surface area contributed by atoms with Gasteiger partial charge in [-0.25, -0.2) is 5.48 Å². The van der Waals surface area contributed by atoms with Crippen LogP contribution in [0.4, 0.5) is 0 Å². The monoisotopic (exact) mass is 197 g/mol. The predicted octanol–water partition coefficient (Wildman–Crippen LogP) is 2.70. The molecule has 0 spiro atoms. The zero-order valence-corrected chi connectivity index (χ0v) is 8.01. The molecule has 0 heterocycles. The van der Waals surface area contributed by atoms with Gasteiger partial charge in [-0.2, -0.15) is 0 Å². The Morgan fingerprint density at radius 2 is 2.23 bits per heavy atom. The summed E-state index contributed by atoms with van der Waals surface area (Å²) in [7, 11) is 0. The van der Waals surface area contributed by atoms with E-state index in [0.29, 0.717) is 12.5 Å². The van der Waals surface area contributed by atoms with Crippen LogP contribution in [0.1, 0.15) is 29.9 Å². The fourth-order valence-corrected chi connectivity index (χ4v) is 1.85. The Labute approximate surface area is 82.5 Å². The number of hydrogen-bond donors (Lipinski definition) is 2. The molecule has 0 bridgehead atoms. The van der Waals surface area contributed by atoms with Gasteiger partial charge in [0.2, 0.25) is 0 Å². The molecule has 3 heteroatoms. The van der Waals surface area contributed by atoms with Crippen LogP contribution in [0.2, 0.25) is 5.02 Å². The van der Waals surface area contributed by atoms with Gasteiger partial charge in [0.25, 0.3) is 0 Å². The first-order chi connectivity index (χ1) is 6.31. The van der Waals surface area contributed by atoms with Gasteiger partial charge in [-0.3, -0.25) is 0 Å². The number of benzene rings is 1. The molecule has 2 nitrogen and oxygen atoms in total. The molecule has 2 rings (SSSR count). The lowest BCUT2D eigenvalue weighted by Gasteiger charge is -2.04. The normalized spacial score (nSPS) is 16.2. The van der Waals surface area contributed by atoms with Gasteiger partial charge in [-0.15, -0.1) is 0 Å². The zero-order valence-electron chi connectivity index (χ0n) is 7.26. The van der Waals surface area contributed by atoms with Crippen molar-refractivity contribution < 1.29 is 5.21 Å². The van der Waals surface area contributed by atoms with E-state index >= 15 is 0 Å². The Morgan fingerprint density at radius 3 is 2.77 bits per heavy atom. The van der Waals surface area contributed by atoms with Crippen molar-refractivity contribution in [3.8, 4) is 0 Å². The van der Waals surface area contributed by atoms with Crippen LogP contribution in [-0.2, 0) is 6.54 Å². The summed E-state index contributed by atoms with van der Waals surface area (Å²) in [5.74, 6) is 0.684. The van der Waals surface area contributed by atoms with Gasteiger partial charge in [0.15, 0.2) is 0 Å². The molecular weight excluding hydrogens is 186 g/mol. The summed E-state index contributed by atoms with van der Waals surface area (Å²) < 4.78 is 0. The quantitative estimate of drug-likeness (QED) is 0.731. The third-order valence-electron chi connectivity index (χ3n) is 2.37. The van der Waals surface area contributed by atoms with Crippen molar-refractivity contribution in [1.29, 1.82) is 0 Å². The van der Waals surface area contributed by atoms with E-state index in [9.17, 15) is 0 Å². The van der Waals surface area contributed by atoms with Crippen molar-refractivity contribution in [2.24, 2.45) is 0 Å². The highest BCUT2D eigenvalue weighted by molar-refractivity contribution is 6.31. The molecule has 0 saturated heterocycles. The second kappa shape index (κ2) is 3.66. The highest BCUT2D eigenvalue weighted by Gasteiger charge is 2.25. The van der Waals surface area contributed by atoms with Crippen molar-refractivity contribution in [2.75, 3.05) is 0 Å². The molecular formula is C10H12ClNO. The number of hydrogen-bond acceptors (Lipinski definition) is 2. The third kappa shape index (κ3) is 2.02. The summed E-state index contributed by atoms with van der Waals surface area (Å²) in [6.45, 7) is 0.449. The van der Waals surface area contributed by atoms with Gasteiger partial charge < -0.3 is 5.21 Å². The van der Waals surface area contributed by atoms with Gasteiger partial charge in [0, 0.05) is 11.6 Å². The largest absolute Gasteiger partial charge is 0.316 e. The van der Waals surface area contributed by atoms with Gasteiger partial charge in [0.05, 0.1) is 0 Å². The van der Waals surface area contributed by atoms with E-state index in [1.54, 1.807) is 0 Å². The SMILES string of the molecule is ONCc1ccc(C2CC2)c(Cl)c1. The fourth-order valence-electron chi connectivity index (χ4n) is 1.50. The number of halogens is 1. The maximum absolute atomic E-state index is 8.51. The standard InChI is InChI=1S/C10H12ClNO/c11-10-5-7(6-12-13)1-4-9(10)8-2-3-8/h1,4-5,8,12-13H,2-3,6H2. The van der Waals surface area contributed by atoms with E-state index in [0.717, 1.165) is 10.6 Å². The summed E-state index contributed by atoms with van der Waals surface area (Å²) in [6.07, 6.45) is 2.52. The molecule has 1 saturated carbocycles. The van der Waals surface area contributed by atoms with Crippen LogP contribution in [-0.4, -0.2) is 5.21 Å². The summed E-state index contributed by atoms with van der Waals surface area (Å²) in [4.78, 5) is 0. The number of nitrogens with one attached hydrogen (secondary N) is 1. The summed E-state index contributed by atoms with van der Waals surface area (Å²) in [6, 6.07) is 5.98. The third-order valence-corrected chi connectivity index (χ3v) is 2.69. The summed E-state index contributed by atoms with van der Waals surface area (Å²) in [5.41, 5.74) is 4.38. The van der Waals surface area contributed by atoms with Crippen LogP contribution in [0.3, 0.4) is 0 Å². The summed E-state index contributed by atoms with van der Waals surface area (Å²) in [5, 5.41) is 9.34. The first-order valence-electron chi connectivity index (χ1n) is 4.46. The second-order valence-corrected chi connectivity index (χ2v) is 3.87. The van der Waals surface area contributed by atoms with Gasteiger partial charge >= 0.3 is 0 Å². The van der Waals surface area contributed by atoms with E-state index in [2.05, 4.69) is 11.5 Å². The molecule has 0 amide bonds. The van der Waals surface area contributed by atoms with Crippen LogP contribution in [0.25, 0.3) is 0 Å². The lowest BCUT2D eigenvalue weighted by atomic mass is 10.1. The summed E-state index contributed by atoms with van der Waals surface area (Å²) >= 11 is 6.09. The van der Waals surface area contributed by atoms with Crippen LogP contribution in [0.15, 0.2) is 18.2 Å². The molecule has 70 valence electrons. The molecule has 0 atom stereocenters. The number of hydroxylamine groups is 1. The van der Waals surface area contributed by atoms with Gasteiger partial charge in [-0.05, 0) is 36.0 Å². The van der Waals surface area contributed by atoms with E-state index in [4.69, 9.17) is 16.8 Å². The van der Waals surface area contributed by atoms with E-state index in [1.807, 2.05) is 12.1 Å². The lowest BCUT2D eigenvalue weighted by Crippen LogP contribution is -2.05. The maximum Gasteiger partial charge on any atom is 0.0458 e. The first-order valence-corrected chi connectivity index (χ1v) is 4.84. The molecule has 0 aromatic heterocycles. The average molecular weight is 198 g/mol. The average Bonchev–Trinajstić information content (AvgIpc) is 2.88. The van der Waals surface area contributed by atoms with Crippen molar-refractivity contribution in [2.45, 2.75) is 25.3 Å². The predicted molar refractivity (Wildman–Crippen MR) is 52.1 cm³/mol. The molecule has 1 aliphatic rings. The highest BCUT2D eigenvalue weighted by atomic mass is 35.5. The minimum Gasteiger partial charge on any atom is -0.316 e. The Hall–Kier alpha value is -0.570. The molecule has 0 unspecified atom stereocenters. The lowest BCUT2D eigenvalue weighted by molar-refractivity contribution is 0.161. The van der Waals surface area contributed by atoms with Gasteiger partial charge in [-0.1, -0.05) is 23.7 Å². The van der Waals surface area contributed by atoms with Crippen molar-refractivity contribution in [1.82, 2.24) is 5.48 Å². The molecule has 0 aliphatic heterocycles. The van der Waals surface area contributed by atoms with Gasteiger partial charge in [0.1, 0.15) is 0 Å². The second-order valence-electron chi connectivity index (χ2n) is 3.47. The fraction of sp³-hybridized carbons (Fsp3) is 0.400. The van der Waals surface area contributed by atoms with Crippen LogP contribution in [0, 0.1) is 0 Å². The molecule has 1 aromatic carbocycles. The Balaban J connectivity index is 2.21. The molecule has 13 heavy (non-hydrogen) atoms. The number of rotatable bonds is 3. The first kappa shape index (κ1) is 9.00. The topological polar surface area (TPSA) is 32.3 Å². The molecule has 2 N–H and O–H groups in total. The molecule has 0 radical (unpaired) electrons. The van der Waals surface area contributed by atoms with Crippen LogP contribution in [0.5, 0.6) is 0 Å². The highest BCUT2D eigenvalue weighted by Crippen LogP contribution is 2.43. The maximum atomic E-state index is 8.51. The van der Waals surface area contributed by atoms with E-state index < -0.39 is 0 Å². The van der Waals surface area contributed by atoms with Crippen LogP contribution >= 0.6 is 11.6 Å². The van der Waals surface area contributed by atoms with Crippen LogP contribution < -0.4 is 5.48 Å². The molecule has 1 fully saturated rings. The van der Waals surface area contributed by atoms with E-state index in [-0.39, 0.29) is 0 Å². The minimum atomic E-state index is 0.449.